The Bertz CT molecular complexity index is 852. The molecule has 1 heterocycles. The molecule has 5 nitrogen and oxygen atoms in total. The van der Waals surface area contributed by atoms with Crippen LogP contribution in [0.3, 0.4) is 0 Å². The van der Waals surface area contributed by atoms with E-state index in [9.17, 15) is 9.59 Å². The van der Waals surface area contributed by atoms with Crippen LogP contribution in [0.25, 0.3) is 10.9 Å². The molecule has 1 N–H and O–H groups in total. The number of benzene rings is 2. The predicted molar refractivity (Wildman–Crippen MR) is 83.9 cm³/mol. The number of anilines is 1. The fraction of sp³-hybridized carbons (Fsp3) is 0.0588. The van der Waals surface area contributed by atoms with Gasteiger partial charge in [-0.25, -0.2) is 9.97 Å². The first-order valence-corrected chi connectivity index (χ1v) is 6.77. The van der Waals surface area contributed by atoms with Crippen LogP contribution in [0, 0.1) is 0 Å². The Morgan fingerprint density at radius 1 is 0.955 bits per heavy atom. The third-order valence-electron chi connectivity index (χ3n) is 3.31. The monoisotopic (exact) mass is 291 g/mol. The van der Waals surface area contributed by atoms with Crippen LogP contribution in [0.2, 0.25) is 0 Å². The molecule has 0 atom stereocenters. The second-order valence-electron chi connectivity index (χ2n) is 4.83. The molecule has 0 saturated heterocycles. The highest BCUT2D eigenvalue weighted by atomic mass is 16.2. The Balaban J connectivity index is 1.89. The number of para-hydroxylation sites is 1. The molecule has 0 saturated carbocycles. The zero-order chi connectivity index (χ0) is 15.5. The molecule has 0 aliphatic carbocycles. The third-order valence-corrected chi connectivity index (χ3v) is 3.31. The van der Waals surface area contributed by atoms with Crippen LogP contribution in [-0.4, -0.2) is 21.7 Å². The molecule has 0 spiro atoms. The number of hydrogen-bond acceptors (Lipinski definition) is 4. The summed E-state index contributed by atoms with van der Waals surface area (Å²) in [6, 6.07) is 14.1. The number of aromatic nitrogens is 2. The summed E-state index contributed by atoms with van der Waals surface area (Å²) in [6.45, 7) is 1.50. The normalized spacial score (nSPS) is 10.4. The van der Waals surface area contributed by atoms with Crippen molar-refractivity contribution in [3.63, 3.8) is 0 Å². The van der Waals surface area contributed by atoms with Crippen molar-refractivity contribution in [2.75, 3.05) is 5.32 Å². The van der Waals surface area contributed by atoms with E-state index in [2.05, 4.69) is 15.3 Å². The lowest BCUT2D eigenvalue weighted by Gasteiger charge is -2.07. The number of nitrogens with zero attached hydrogens (tertiary/aromatic N) is 2. The number of carbonyl (C=O) groups excluding carboxylic acids is 2. The van der Waals surface area contributed by atoms with Crippen molar-refractivity contribution >= 4 is 28.3 Å². The van der Waals surface area contributed by atoms with E-state index >= 15 is 0 Å². The van der Waals surface area contributed by atoms with Gasteiger partial charge in [0.2, 0.25) is 0 Å². The average Bonchev–Trinajstić information content (AvgIpc) is 2.54. The van der Waals surface area contributed by atoms with Gasteiger partial charge in [-0.15, -0.1) is 0 Å². The van der Waals surface area contributed by atoms with Crippen molar-refractivity contribution in [1.82, 2.24) is 9.97 Å². The molecule has 1 amide bonds. The molecule has 0 radical (unpaired) electrons. The Hall–Kier alpha value is -3.08. The average molecular weight is 291 g/mol. The molecule has 0 fully saturated rings. The quantitative estimate of drug-likeness (QED) is 0.753. The van der Waals surface area contributed by atoms with Crippen LogP contribution in [0.4, 0.5) is 5.69 Å². The summed E-state index contributed by atoms with van der Waals surface area (Å²) in [5.41, 5.74) is 2.25. The Labute approximate surface area is 127 Å². The van der Waals surface area contributed by atoms with Crippen molar-refractivity contribution in [1.29, 1.82) is 0 Å². The highest BCUT2D eigenvalue weighted by Crippen LogP contribution is 2.16. The lowest BCUT2D eigenvalue weighted by atomic mass is 10.1. The number of hydrogen-bond donors (Lipinski definition) is 1. The van der Waals surface area contributed by atoms with Gasteiger partial charge in [0.1, 0.15) is 12.0 Å². The van der Waals surface area contributed by atoms with E-state index < -0.39 is 0 Å². The van der Waals surface area contributed by atoms with Gasteiger partial charge in [-0.3, -0.25) is 9.59 Å². The van der Waals surface area contributed by atoms with Crippen LogP contribution in [-0.2, 0) is 0 Å². The van der Waals surface area contributed by atoms with Crippen LogP contribution in [0.1, 0.15) is 27.8 Å². The summed E-state index contributed by atoms with van der Waals surface area (Å²) in [5, 5.41) is 3.47. The fourth-order valence-corrected chi connectivity index (χ4v) is 2.16. The van der Waals surface area contributed by atoms with Gasteiger partial charge >= 0.3 is 0 Å². The van der Waals surface area contributed by atoms with E-state index in [1.807, 2.05) is 24.3 Å². The van der Waals surface area contributed by atoms with Crippen molar-refractivity contribution in [3.8, 4) is 0 Å². The molecular formula is C17H13N3O2. The number of nitrogens with one attached hydrogen (secondary N) is 1. The Kier molecular flexibility index (Phi) is 3.62. The van der Waals surface area contributed by atoms with Gasteiger partial charge in [-0.05, 0) is 37.3 Å². The van der Waals surface area contributed by atoms with E-state index in [4.69, 9.17) is 0 Å². The minimum Gasteiger partial charge on any atom is -0.321 e. The fourth-order valence-electron chi connectivity index (χ4n) is 2.16. The number of Topliss-reactive ketones (excluding diaryl/α,β-unsaturated/α-hetero) is 1. The Morgan fingerprint density at radius 3 is 2.41 bits per heavy atom. The minimum atomic E-state index is -0.311. The highest BCUT2D eigenvalue weighted by Gasteiger charge is 2.12. The molecule has 3 rings (SSSR count). The predicted octanol–water partition coefficient (Wildman–Crippen LogP) is 3.08. The Morgan fingerprint density at radius 2 is 1.68 bits per heavy atom. The van der Waals surface area contributed by atoms with Crippen molar-refractivity contribution in [3.05, 3.63) is 66.1 Å². The van der Waals surface area contributed by atoms with E-state index in [0.717, 1.165) is 5.52 Å². The highest BCUT2D eigenvalue weighted by molar-refractivity contribution is 6.10. The number of ketones is 1. The van der Waals surface area contributed by atoms with Crippen molar-refractivity contribution in [2.24, 2.45) is 0 Å². The summed E-state index contributed by atoms with van der Waals surface area (Å²) in [5.74, 6) is -0.325. The number of fused-ring (bicyclic) bond motifs is 1. The van der Waals surface area contributed by atoms with Gasteiger partial charge in [0.25, 0.3) is 5.91 Å². The first-order valence-electron chi connectivity index (χ1n) is 6.77. The zero-order valence-corrected chi connectivity index (χ0v) is 11.9. The third kappa shape index (κ3) is 2.69. The van der Waals surface area contributed by atoms with Gasteiger partial charge in [-0.1, -0.05) is 18.2 Å². The summed E-state index contributed by atoms with van der Waals surface area (Å²) < 4.78 is 0. The summed E-state index contributed by atoms with van der Waals surface area (Å²) in [6.07, 6.45) is 1.37. The molecule has 108 valence electrons. The van der Waals surface area contributed by atoms with Gasteiger partial charge < -0.3 is 5.32 Å². The molecule has 0 unspecified atom stereocenters. The maximum absolute atomic E-state index is 12.4. The molecule has 0 bridgehead atoms. The molecule has 2 aromatic carbocycles. The zero-order valence-electron chi connectivity index (χ0n) is 11.9. The molecule has 22 heavy (non-hydrogen) atoms. The topological polar surface area (TPSA) is 72.0 Å². The smallest absolute Gasteiger partial charge is 0.275 e. The summed E-state index contributed by atoms with van der Waals surface area (Å²) in [7, 11) is 0. The van der Waals surface area contributed by atoms with Crippen molar-refractivity contribution in [2.45, 2.75) is 6.92 Å². The molecule has 3 aromatic rings. The lowest BCUT2D eigenvalue weighted by molar-refractivity contribution is 0.101. The first-order chi connectivity index (χ1) is 10.6. The van der Waals surface area contributed by atoms with E-state index in [-0.39, 0.29) is 11.7 Å². The second kappa shape index (κ2) is 5.73. The number of amides is 1. The van der Waals surface area contributed by atoms with Crippen molar-refractivity contribution < 1.29 is 9.59 Å². The first kappa shape index (κ1) is 13.9. The SMILES string of the molecule is CC(=O)c1ccc(NC(=O)c2ncnc3ccccc23)cc1. The van der Waals surface area contributed by atoms with Crippen LogP contribution >= 0.6 is 0 Å². The maximum atomic E-state index is 12.4. The van der Waals surface area contributed by atoms with Gasteiger partial charge in [-0.2, -0.15) is 0 Å². The molecule has 0 aliphatic rings. The summed E-state index contributed by atoms with van der Waals surface area (Å²) >= 11 is 0. The van der Waals surface area contributed by atoms with Gasteiger partial charge in [0.15, 0.2) is 5.78 Å². The minimum absolute atomic E-state index is 0.0142. The van der Waals surface area contributed by atoms with Gasteiger partial charge in [0.05, 0.1) is 5.52 Å². The van der Waals surface area contributed by atoms with Crippen LogP contribution in [0.15, 0.2) is 54.9 Å². The molecule has 5 heteroatoms. The van der Waals surface area contributed by atoms with Crippen LogP contribution < -0.4 is 5.32 Å². The van der Waals surface area contributed by atoms with E-state index in [1.54, 1.807) is 24.3 Å². The summed E-state index contributed by atoms with van der Waals surface area (Å²) in [4.78, 5) is 31.8. The second-order valence-corrected chi connectivity index (χ2v) is 4.83. The number of rotatable bonds is 3. The lowest BCUT2D eigenvalue weighted by Crippen LogP contribution is -2.14. The number of carbonyl (C=O) groups is 2. The standard InChI is InChI=1S/C17H13N3O2/c1-11(21)12-6-8-13(9-7-12)20-17(22)16-14-4-2-3-5-15(14)18-10-19-16/h2-10H,1H3,(H,20,22). The molecular weight excluding hydrogens is 278 g/mol. The van der Waals surface area contributed by atoms with E-state index in [1.165, 1.54) is 13.3 Å². The largest absolute Gasteiger partial charge is 0.321 e. The molecule has 0 aliphatic heterocycles. The van der Waals surface area contributed by atoms with Gasteiger partial charge in [0, 0.05) is 16.6 Å². The molecule has 1 aromatic heterocycles. The van der Waals surface area contributed by atoms with E-state index in [0.29, 0.717) is 22.3 Å². The maximum Gasteiger partial charge on any atom is 0.275 e. The van der Waals surface area contributed by atoms with Crippen LogP contribution in [0.5, 0.6) is 0 Å².